The molecular weight excluding hydrogens is 440 g/mol. The van der Waals surface area contributed by atoms with E-state index >= 15 is 0 Å². The molecule has 0 heterocycles. The molecule has 2 unspecified atom stereocenters. The summed E-state index contributed by atoms with van der Waals surface area (Å²) in [6.07, 6.45) is 26.8. The molecule has 4 nitrogen and oxygen atoms in total. The standard InChI is InChI=1S/C32H62N4/c1-5-7-9-11-13-15-17-19-21-23-25-35(31(3)29-33)27-28-36(32(4)30-34)26-24-22-20-18-16-14-12-10-8-6-2/h31-32H,5-28H2,1-4H3. The Morgan fingerprint density at radius 3 is 0.917 bits per heavy atom. The molecule has 0 N–H and O–H groups in total. The van der Waals surface area contributed by atoms with Crippen LogP contribution in [-0.2, 0) is 0 Å². The van der Waals surface area contributed by atoms with E-state index in [4.69, 9.17) is 0 Å². The van der Waals surface area contributed by atoms with Gasteiger partial charge in [0.1, 0.15) is 0 Å². The first-order valence-corrected chi connectivity index (χ1v) is 15.9. The molecule has 0 aromatic rings. The van der Waals surface area contributed by atoms with Crippen LogP contribution < -0.4 is 0 Å². The van der Waals surface area contributed by atoms with Gasteiger partial charge >= 0.3 is 0 Å². The number of nitrogens with zero attached hydrogens (tertiary/aromatic N) is 4. The van der Waals surface area contributed by atoms with Crippen LogP contribution in [0.1, 0.15) is 156 Å². The molecule has 0 aliphatic heterocycles. The number of hydrogen-bond acceptors (Lipinski definition) is 4. The summed E-state index contributed by atoms with van der Waals surface area (Å²) in [7, 11) is 0. The summed E-state index contributed by atoms with van der Waals surface area (Å²) in [4.78, 5) is 4.67. The Bertz CT molecular complexity index is 487. The van der Waals surface area contributed by atoms with Crippen LogP contribution in [0.5, 0.6) is 0 Å². The van der Waals surface area contributed by atoms with Crippen LogP contribution in [0.4, 0.5) is 0 Å². The molecule has 2 atom stereocenters. The van der Waals surface area contributed by atoms with Crippen molar-refractivity contribution in [3.05, 3.63) is 0 Å². The fourth-order valence-corrected chi connectivity index (χ4v) is 5.02. The number of nitriles is 2. The van der Waals surface area contributed by atoms with Crippen molar-refractivity contribution >= 4 is 0 Å². The van der Waals surface area contributed by atoms with Crippen LogP contribution in [0.2, 0.25) is 0 Å². The third kappa shape index (κ3) is 21.0. The molecule has 0 bridgehead atoms. The second-order valence-corrected chi connectivity index (χ2v) is 11.0. The van der Waals surface area contributed by atoms with Gasteiger partial charge in [0.25, 0.3) is 0 Å². The maximum absolute atomic E-state index is 9.53. The van der Waals surface area contributed by atoms with Crippen molar-refractivity contribution in [1.29, 1.82) is 10.5 Å². The Labute approximate surface area is 226 Å². The van der Waals surface area contributed by atoms with Gasteiger partial charge in [-0.15, -0.1) is 0 Å². The van der Waals surface area contributed by atoms with Crippen LogP contribution in [0.25, 0.3) is 0 Å². The first-order chi connectivity index (χ1) is 17.6. The van der Waals surface area contributed by atoms with Gasteiger partial charge in [-0.05, 0) is 39.8 Å². The van der Waals surface area contributed by atoms with Crippen molar-refractivity contribution in [2.75, 3.05) is 26.2 Å². The zero-order chi connectivity index (χ0) is 26.7. The van der Waals surface area contributed by atoms with Crippen molar-refractivity contribution in [2.24, 2.45) is 0 Å². The first kappa shape index (κ1) is 34.9. The molecule has 0 aliphatic rings. The topological polar surface area (TPSA) is 54.1 Å². The third-order valence-corrected chi connectivity index (χ3v) is 7.74. The molecule has 36 heavy (non-hydrogen) atoms. The van der Waals surface area contributed by atoms with Crippen molar-refractivity contribution in [3.8, 4) is 12.1 Å². The van der Waals surface area contributed by atoms with E-state index in [0.29, 0.717) is 0 Å². The van der Waals surface area contributed by atoms with Crippen molar-refractivity contribution < 1.29 is 0 Å². The number of hydrogen-bond donors (Lipinski definition) is 0. The van der Waals surface area contributed by atoms with E-state index in [1.165, 1.54) is 128 Å². The molecule has 0 spiro atoms. The minimum atomic E-state index is -0.0554. The van der Waals surface area contributed by atoms with E-state index < -0.39 is 0 Å². The normalized spacial score (nSPS) is 13.1. The smallest absolute Gasteiger partial charge is 0.0949 e. The van der Waals surface area contributed by atoms with Crippen LogP contribution in [0, 0.1) is 22.7 Å². The van der Waals surface area contributed by atoms with Gasteiger partial charge in [0.05, 0.1) is 24.2 Å². The quantitative estimate of drug-likeness (QED) is 0.105. The SMILES string of the molecule is CCCCCCCCCCCCN(CCN(CCCCCCCCCCCC)C(C)C#N)C(C)C#N. The van der Waals surface area contributed by atoms with Crippen LogP contribution >= 0.6 is 0 Å². The fourth-order valence-electron chi connectivity index (χ4n) is 5.02. The lowest BCUT2D eigenvalue weighted by Gasteiger charge is -2.30. The summed E-state index contributed by atoms with van der Waals surface area (Å²) in [5.41, 5.74) is 0. The van der Waals surface area contributed by atoms with Gasteiger partial charge in [-0.3, -0.25) is 9.80 Å². The molecule has 0 aromatic carbocycles. The molecule has 4 heteroatoms. The summed E-state index contributed by atoms with van der Waals surface area (Å²) < 4.78 is 0. The van der Waals surface area contributed by atoms with E-state index in [9.17, 15) is 10.5 Å². The minimum Gasteiger partial charge on any atom is -0.287 e. The second-order valence-electron chi connectivity index (χ2n) is 11.0. The zero-order valence-electron chi connectivity index (χ0n) is 24.9. The Balaban J connectivity index is 4.15. The van der Waals surface area contributed by atoms with Gasteiger partial charge in [0.15, 0.2) is 0 Å². The highest BCUT2D eigenvalue weighted by Crippen LogP contribution is 2.13. The Kier molecular flexibility index (Phi) is 26.1. The lowest BCUT2D eigenvalue weighted by Crippen LogP contribution is -2.42. The van der Waals surface area contributed by atoms with E-state index in [-0.39, 0.29) is 12.1 Å². The summed E-state index contributed by atoms with van der Waals surface area (Å²) in [6.45, 7) is 12.4. The van der Waals surface area contributed by atoms with Crippen molar-refractivity contribution in [3.63, 3.8) is 0 Å². The lowest BCUT2D eigenvalue weighted by molar-refractivity contribution is 0.171. The van der Waals surface area contributed by atoms with Crippen LogP contribution in [0.15, 0.2) is 0 Å². The molecule has 210 valence electrons. The highest BCUT2D eigenvalue weighted by molar-refractivity contribution is 4.91. The molecule has 0 saturated carbocycles. The Morgan fingerprint density at radius 2 is 0.667 bits per heavy atom. The second kappa shape index (κ2) is 26.9. The highest BCUT2D eigenvalue weighted by Gasteiger charge is 2.17. The first-order valence-electron chi connectivity index (χ1n) is 15.9. The molecule has 0 amide bonds. The molecule has 0 aromatic heterocycles. The molecule has 0 fully saturated rings. The average Bonchev–Trinajstić information content (AvgIpc) is 2.90. The third-order valence-electron chi connectivity index (χ3n) is 7.74. The maximum atomic E-state index is 9.53. The summed E-state index contributed by atoms with van der Waals surface area (Å²) in [6, 6.07) is 4.78. The highest BCUT2D eigenvalue weighted by atomic mass is 15.2. The van der Waals surface area contributed by atoms with E-state index in [1.54, 1.807) is 0 Å². The number of rotatable bonds is 27. The monoisotopic (exact) mass is 502 g/mol. The molecule has 0 aliphatic carbocycles. The van der Waals surface area contributed by atoms with Gasteiger partial charge in [-0.2, -0.15) is 10.5 Å². The predicted molar refractivity (Wildman–Crippen MR) is 157 cm³/mol. The van der Waals surface area contributed by atoms with Crippen LogP contribution in [0.3, 0.4) is 0 Å². The summed E-state index contributed by atoms with van der Waals surface area (Å²) in [5.74, 6) is 0. The van der Waals surface area contributed by atoms with Gasteiger partial charge in [0, 0.05) is 13.1 Å². The van der Waals surface area contributed by atoms with Crippen molar-refractivity contribution in [2.45, 2.75) is 168 Å². The van der Waals surface area contributed by atoms with Gasteiger partial charge in [-0.1, -0.05) is 129 Å². The van der Waals surface area contributed by atoms with E-state index in [2.05, 4.69) is 35.8 Å². The van der Waals surface area contributed by atoms with Crippen molar-refractivity contribution in [1.82, 2.24) is 9.80 Å². The molecule has 0 saturated heterocycles. The zero-order valence-corrected chi connectivity index (χ0v) is 24.9. The molecule has 0 radical (unpaired) electrons. The molecule has 0 rings (SSSR count). The maximum Gasteiger partial charge on any atom is 0.0949 e. The fraction of sp³-hybridized carbons (Fsp3) is 0.938. The average molecular weight is 503 g/mol. The predicted octanol–water partition coefficient (Wildman–Crippen LogP) is 9.26. The van der Waals surface area contributed by atoms with E-state index in [1.807, 2.05) is 13.8 Å². The number of unbranched alkanes of at least 4 members (excludes halogenated alkanes) is 18. The molecular formula is C32H62N4. The van der Waals surface area contributed by atoms with Gasteiger partial charge in [0.2, 0.25) is 0 Å². The Morgan fingerprint density at radius 1 is 0.417 bits per heavy atom. The van der Waals surface area contributed by atoms with Gasteiger partial charge in [-0.25, -0.2) is 0 Å². The largest absolute Gasteiger partial charge is 0.287 e. The van der Waals surface area contributed by atoms with E-state index in [0.717, 1.165) is 26.2 Å². The van der Waals surface area contributed by atoms with Gasteiger partial charge < -0.3 is 0 Å². The van der Waals surface area contributed by atoms with Crippen LogP contribution in [-0.4, -0.2) is 48.1 Å². The minimum absolute atomic E-state index is 0.0554. The summed E-state index contributed by atoms with van der Waals surface area (Å²) in [5, 5.41) is 19.1. The Hall–Kier alpha value is -1.10. The summed E-state index contributed by atoms with van der Waals surface area (Å²) >= 11 is 0. The lowest BCUT2D eigenvalue weighted by atomic mass is 10.1.